The van der Waals surface area contributed by atoms with E-state index in [4.69, 9.17) is 11.6 Å². The van der Waals surface area contributed by atoms with Crippen LogP contribution in [-0.2, 0) is 11.3 Å². The van der Waals surface area contributed by atoms with Crippen LogP contribution in [0.4, 0.5) is 0 Å². The van der Waals surface area contributed by atoms with Crippen LogP contribution in [0.15, 0.2) is 54.1 Å². The van der Waals surface area contributed by atoms with Crippen LogP contribution in [0.1, 0.15) is 49.4 Å². The highest BCUT2D eigenvalue weighted by molar-refractivity contribution is 6.31. The van der Waals surface area contributed by atoms with Gasteiger partial charge in [0.15, 0.2) is 0 Å². The molecule has 1 saturated carbocycles. The van der Waals surface area contributed by atoms with Crippen molar-refractivity contribution < 1.29 is 4.79 Å². The highest BCUT2D eigenvalue weighted by atomic mass is 35.5. The maximum atomic E-state index is 13.0. The number of amides is 1. The molecule has 1 fully saturated rings. The first-order valence-corrected chi connectivity index (χ1v) is 11.6. The van der Waals surface area contributed by atoms with Crippen LogP contribution in [0.5, 0.6) is 0 Å². The standard InChI is InChI=1S/C27H28ClN3O/c1-18-9-3-7-13-25(18)30-27(32)21(16-29)15-23-19(2)31(26-14-8-5-11-22(23)26)17-20-10-4-6-12-24(20)28/h4-6,8,10-12,14-15,18,25H,3,7,9,13,17H2,1-2H3,(H,30,32)/b21-15+/t18-,25-/m0/s1. The molecule has 0 spiro atoms. The third-order valence-electron chi connectivity index (χ3n) is 6.65. The van der Waals surface area contributed by atoms with Crippen LogP contribution < -0.4 is 5.32 Å². The van der Waals surface area contributed by atoms with Crippen molar-refractivity contribution >= 4 is 34.5 Å². The lowest BCUT2D eigenvalue weighted by Gasteiger charge is -2.29. The van der Waals surface area contributed by atoms with E-state index in [1.165, 1.54) is 6.42 Å². The summed E-state index contributed by atoms with van der Waals surface area (Å²) in [6.07, 6.45) is 6.16. The minimum absolute atomic E-state index is 0.135. The van der Waals surface area contributed by atoms with Crippen molar-refractivity contribution in [1.82, 2.24) is 9.88 Å². The monoisotopic (exact) mass is 445 g/mol. The Balaban J connectivity index is 1.71. The lowest BCUT2D eigenvalue weighted by molar-refractivity contribution is -0.118. The number of hydrogen-bond donors (Lipinski definition) is 1. The van der Waals surface area contributed by atoms with Gasteiger partial charge in [-0.15, -0.1) is 0 Å². The molecule has 1 aliphatic carbocycles. The molecule has 1 amide bonds. The van der Waals surface area contributed by atoms with Crippen molar-refractivity contribution in [2.24, 2.45) is 5.92 Å². The average molecular weight is 446 g/mol. The number of nitrogens with zero attached hydrogens (tertiary/aromatic N) is 2. The maximum absolute atomic E-state index is 13.0. The maximum Gasteiger partial charge on any atom is 0.262 e. The van der Waals surface area contributed by atoms with E-state index < -0.39 is 0 Å². The van der Waals surface area contributed by atoms with Crippen molar-refractivity contribution in [2.75, 3.05) is 0 Å². The zero-order valence-corrected chi connectivity index (χ0v) is 19.3. The summed E-state index contributed by atoms with van der Waals surface area (Å²) in [4.78, 5) is 13.0. The number of fused-ring (bicyclic) bond motifs is 1. The molecule has 1 aliphatic rings. The number of aromatic nitrogens is 1. The fraction of sp³-hybridized carbons (Fsp3) is 0.333. The zero-order valence-electron chi connectivity index (χ0n) is 18.6. The van der Waals surface area contributed by atoms with Crippen LogP contribution >= 0.6 is 11.6 Å². The summed E-state index contributed by atoms with van der Waals surface area (Å²) >= 11 is 6.42. The lowest BCUT2D eigenvalue weighted by Crippen LogP contribution is -2.41. The molecule has 164 valence electrons. The van der Waals surface area contributed by atoms with Crippen LogP contribution in [-0.4, -0.2) is 16.5 Å². The molecule has 2 atom stereocenters. The van der Waals surface area contributed by atoms with Crippen LogP contribution in [0.2, 0.25) is 5.02 Å². The van der Waals surface area contributed by atoms with E-state index >= 15 is 0 Å². The van der Waals surface area contributed by atoms with Gasteiger partial charge in [-0.1, -0.05) is 67.8 Å². The summed E-state index contributed by atoms with van der Waals surface area (Å²) in [5, 5.41) is 14.6. The minimum atomic E-state index is -0.284. The van der Waals surface area contributed by atoms with Gasteiger partial charge in [-0.25, -0.2) is 0 Å². The van der Waals surface area contributed by atoms with Crippen LogP contribution in [0.25, 0.3) is 17.0 Å². The normalized spacial score (nSPS) is 19.0. The predicted molar refractivity (Wildman–Crippen MR) is 130 cm³/mol. The highest BCUT2D eigenvalue weighted by Gasteiger charge is 2.24. The summed E-state index contributed by atoms with van der Waals surface area (Å²) in [5.74, 6) is 0.153. The topological polar surface area (TPSA) is 57.8 Å². The Bertz CT molecular complexity index is 1220. The molecular weight excluding hydrogens is 418 g/mol. The number of halogens is 1. The van der Waals surface area contributed by atoms with Crippen LogP contribution in [0, 0.1) is 24.2 Å². The van der Waals surface area contributed by atoms with Gasteiger partial charge in [0.25, 0.3) is 5.91 Å². The van der Waals surface area contributed by atoms with E-state index in [1.807, 2.05) is 49.4 Å². The van der Waals surface area contributed by atoms with E-state index in [0.29, 0.717) is 12.5 Å². The SMILES string of the molecule is Cc1c(/C=C(\C#N)C(=O)N[C@H]2CCCC[C@@H]2C)c2ccccc2n1Cc1ccccc1Cl. The number of nitriles is 1. The zero-order chi connectivity index (χ0) is 22.7. The fourth-order valence-electron chi connectivity index (χ4n) is 4.71. The van der Waals surface area contributed by atoms with Gasteiger partial charge >= 0.3 is 0 Å². The second-order valence-electron chi connectivity index (χ2n) is 8.71. The van der Waals surface area contributed by atoms with Gasteiger partial charge in [-0.3, -0.25) is 4.79 Å². The van der Waals surface area contributed by atoms with Gasteiger partial charge in [0.05, 0.1) is 0 Å². The minimum Gasteiger partial charge on any atom is -0.348 e. The largest absolute Gasteiger partial charge is 0.348 e. The number of carbonyl (C=O) groups is 1. The highest BCUT2D eigenvalue weighted by Crippen LogP contribution is 2.30. The van der Waals surface area contributed by atoms with Gasteiger partial charge in [0.2, 0.25) is 0 Å². The molecule has 4 nitrogen and oxygen atoms in total. The van der Waals surface area contributed by atoms with Gasteiger partial charge < -0.3 is 9.88 Å². The average Bonchev–Trinajstić information content (AvgIpc) is 3.06. The summed E-state index contributed by atoms with van der Waals surface area (Å²) in [5.41, 5.74) is 4.12. The molecule has 0 saturated heterocycles. The second kappa shape index (κ2) is 9.63. The molecule has 0 aliphatic heterocycles. The third-order valence-corrected chi connectivity index (χ3v) is 7.02. The number of benzene rings is 2. The molecule has 5 heteroatoms. The third kappa shape index (κ3) is 4.45. The smallest absolute Gasteiger partial charge is 0.262 e. The first-order valence-electron chi connectivity index (χ1n) is 11.2. The molecule has 0 unspecified atom stereocenters. The van der Waals surface area contributed by atoms with E-state index in [-0.39, 0.29) is 17.5 Å². The Morgan fingerprint density at radius 2 is 1.91 bits per heavy atom. The number of nitrogens with one attached hydrogen (secondary N) is 1. The number of hydrogen-bond acceptors (Lipinski definition) is 2. The molecule has 2 aromatic carbocycles. The number of para-hydroxylation sites is 1. The molecule has 0 bridgehead atoms. The molecule has 4 rings (SSSR count). The summed E-state index contributed by atoms with van der Waals surface area (Å²) in [7, 11) is 0. The van der Waals surface area contributed by atoms with E-state index in [9.17, 15) is 10.1 Å². The summed E-state index contributed by atoms with van der Waals surface area (Å²) in [6.45, 7) is 4.82. The van der Waals surface area contributed by atoms with Crippen molar-refractivity contribution in [3.63, 3.8) is 0 Å². The fourth-order valence-corrected chi connectivity index (χ4v) is 4.91. The Kier molecular flexibility index (Phi) is 6.67. The summed E-state index contributed by atoms with van der Waals surface area (Å²) in [6, 6.07) is 18.2. The first kappa shape index (κ1) is 22.2. The van der Waals surface area contributed by atoms with Gasteiger partial charge in [0, 0.05) is 39.8 Å². The number of rotatable bonds is 5. The Labute approximate surface area is 194 Å². The molecule has 1 heterocycles. The van der Waals surface area contributed by atoms with Crippen molar-refractivity contribution in [1.29, 1.82) is 5.26 Å². The first-order chi connectivity index (χ1) is 15.5. The Hall–Kier alpha value is -3.03. The van der Waals surface area contributed by atoms with Gasteiger partial charge in [-0.05, 0) is 49.5 Å². The molecule has 1 N–H and O–H groups in total. The van der Waals surface area contributed by atoms with Crippen molar-refractivity contribution in [2.45, 2.75) is 52.1 Å². The van der Waals surface area contributed by atoms with Crippen molar-refractivity contribution in [3.05, 3.63) is 75.9 Å². The molecule has 1 aromatic heterocycles. The molecular formula is C27H28ClN3O. The van der Waals surface area contributed by atoms with E-state index in [0.717, 1.165) is 52.0 Å². The molecule has 32 heavy (non-hydrogen) atoms. The van der Waals surface area contributed by atoms with Crippen molar-refractivity contribution in [3.8, 4) is 6.07 Å². The lowest BCUT2D eigenvalue weighted by atomic mass is 9.86. The second-order valence-corrected chi connectivity index (χ2v) is 9.11. The summed E-state index contributed by atoms with van der Waals surface area (Å²) < 4.78 is 2.19. The van der Waals surface area contributed by atoms with Crippen LogP contribution in [0.3, 0.4) is 0 Å². The quantitative estimate of drug-likeness (QED) is 0.372. The Morgan fingerprint density at radius 3 is 2.66 bits per heavy atom. The van der Waals surface area contributed by atoms with E-state index in [1.54, 1.807) is 6.08 Å². The van der Waals surface area contributed by atoms with E-state index in [2.05, 4.69) is 28.9 Å². The predicted octanol–water partition coefficient (Wildman–Crippen LogP) is 6.25. The molecule has 0 radical (unpaired) electrons. The van der Waals surface area contributed by atoms with Gasteiger partial charge in [-0.2, -0.15) is 5.26 Å². The number of carbonyl (C=O) groups excluding carboxylic acids is 1. The Morgan fingerprint density at radius 1 is 1.19 bits per heavy atom. The van der Waals surface area contributed by atoms with Gasteiger partial charge in [0.1, 0.15) is 11.6 Å². The molecule has 3 aromatic rings.